The molecule has 4 rings (SSSR count). The number of aromatic nitrogens is 2. The molecule has 8 heteroatoms. The van der Waals surface area contributed by atoms with Gasteiger partial charge >= 0.3 is 0 Å². The minimum Gasteiger partial charge on any atom is -0.495 e. The van der Waals surface area contributed by atoms with Crippen molar-refractivity contribution in [3.8, 4) is 17.0 Å². The number of halogens is 1. The summed E-state index contributed by atoms with van der Waals surface area (Å²) in [7, 11) is 1.54. The number of carbonyl (C=O) groups excluding carboxylic acids is 1. The molecule has 1 aliphatic heterocycles. The van der Waals surface area contributed by atoms with Gasteiger partial charge in [-0.1, -0.05) is 23.7 Å². The van der Waals surface area contributed by atoms with Crippen molar-refractivity contribution in [1.82, 2.24) is 9.97 Å². The van der Waals surface area contributed by atoms with Gasteiger partial charge in [0.05, 0.1) is 31.0 Å². The highest BCUT2D eigenvalue weighted by Gasteiger charge is 2.14. The van der Waals surface area contributed by atoms with Crippen LogP contribution in [0, 0.1) is 0 Å². The van der Waals surface area contributed by atoms with E-state index in [1.165, 1.54) is 0 Å². The van der Waals surface area contributed by atoms with Gasteiger partial charge in [0.15, 0.2) is 0 Å². The van der Waals surface area contributed by atoms with Crippen molar-refractivity contribution in [1.29, 1.82) is 0 Å². The molecule has 1 N–H and O–H groups in total. The molecular formula is C22H21ClN4O3. The fourth-order valence-corrected chi connectivity index (χ4v) is 3.47. The van der Waals surface area contributed by atoms with Crippen LogP contribution in [0.5, 0.6) is 5.75 Å². The van der Waals surface area contributed by atoms with Crippen LogP contribution in [0.4, 0.5) is 11.5 Å². The molecule has 0 bridgehead atoms. The Bertz CT molecular complexity index is 1040. The summed E-state index contributed by atoms with van der Waals surface area (Å²) in [6.07, 6.45) is 1.56. The van der Waals surface area contributed by atoms with Crippen molar-refractivity contribution in [3.63, 3.8) is 0 Å². The Morgan fingerprint density at radius 3 is 2.57 bits per heavy atom. The predicted octanol–water partition coefficient (Wildman–Crippen LogP) is 3.89. The van der Waals surface area contributed by atoms with Crippen molar-refractivity contribution >= 4 is 29.0 Å². The molecular weight excluding hydrogens is 404 g/mol. The highest BCUT2D eigenvalue weighted by Crippen LogP contribution is 2.27. The van der Waals surface area contributed by atoms with E-state index in [0.717, 1.165) is 30.2 Å². The summed E-state index contributed by atoms with van der Waals surface area (Å²) in [6, 6.07) is 14.4. The van der Waals surface area contributed by atoms with E-state index in [2.05, 4.69) is 20.2 Å². The molecule has 3 aromatic rings. The van der Waals surface area contributed by atoms with Crippen molar-refractivity contribution in [3.05, 3.63) is 65.4 Å². The molecule has 7 nitrogen and oxygen atoms in total. The third kappa shape index (κ3) is 4.53. The van der Waals surface area contributed by atoms with E-state index in [0.29, 0.717) is 35.2 Å². The summed E-state index contributed by atoms with van der Waals surface area (Å²) in [5.74, 6) is 1.21. The second-order valence-electron chi connectivity index (χ2n) is 6.74. The highest BCUT2D eigenvalue weighted by molar-refractivity contribution is 6.32. The zero-order chi connectivity index (χ0) is 20.9. The van der Waals surface area contributed by atoms with Gasteiger partial charge in [0.1, 0.15) is 17.9 Å². The first kappa shape index (κ1) is 20.1. The second-order valence-corrected chi connectivity index (χ2v) is 7.15. The maximum absolute atomic E-state index is 12.6. The summed E-state index contributed by atoms with van der Waals surface area (Å²) in [4.78, 5) is 23.5. The van der Waals surface area contributed by atoms with Crippen LogP contribution in [-0.4, -0.2) is 49.3 Å². The SMILES string of the molecule is COc1ccc(NC(=O)c2ccc(-c3cc(N4CCOCC4)ncn3)cc2)cc1Cl. The predicted molar refractivity (Wildman–Crippen MR) is 116 cm³/mol. The van der Waals surface area contributed by atoms with Crippen LogP contribution in [0.3, 0.4) is 0 Å². The van der Waals surface area contributed by atoms with Crippen LogP contribution < -0.4 is 15.0 Å². The molecule has 1 amide bonds. The summed E-state index contributed by atoms with van der Waals surface area (Å²) in [6.45, 7) is 3.01. The molecule has 0 aliphatic carbocycles. The van der Waals surface area contributed by atoms with Crippen molar-refractivity contribution in [2.24, 2.45) is 0 Å². The lowest BCUT2D eigenvalue weighted by Crippen LogP contribution is -2.36. The van der Waals surface area contributed by atoms with Crippen molar-refractivity contribution in [2.75, 3.05) is 43.6 Å². The van der Waals surface area contributed by atoms with E-state index >= 15 is 0 Å². The first-order valence-electron chi connectivity index (χ1n) is 9.54. The van der Waals surface area contributed by atoms with Gasteiger partial charge < -0.3 is 19.7 Å². The monoisotopic (exact) mass is 424 g/mol. The highest BCUT2D eigenvalue weighted by atomic mass is 35.5. The molecule has 0 spiro atoms. The van der Waals surface area contributed by atoms with Gasteiger partial charge in [0, 0.05) is 36.0 Å². The number of nitrogens with zero attached hydrogens (tertiary/aromatic N) is 3. The maximum atomic E-state index is 12.6. The van der Waals surface area contributed by atoms with E-state index in [-0.39, 0.29) is 5.91 Å². The van der Waals surface area contributed by atoms with Gasteiger partial charge in [-0.05, 0) is 30.3 Å². The van der Waals surface area contributed by atoms with E-state index in [1.54, 1.807) is 43.8 Å². The molecule has 1 aromatic heterocycles. The molecule has 154 valence electrons. The number of hydrogen-bond acceptors (Lipinski definition) is 6. The van der Waals surface area contributed by atoms with Gasteiger partial charge in [0.2, 0.25) is 0 Å². The molecule has 0 radical (unpaired) electrons. The van der Waals surface area contributed by atoms with E-state index in [9.17, 15) is 4.79 Å². The van der Waals surface area contributed by atoms with Crippen LogP contribution in [0.15, 0.2) is 54.9 Å². The van der Waals surface area contributed by atoms with Gasteiger partial charge in [-0.3, -0.25) is 4.79 Å². The van der Waals surface area contributed by atoms with Crippen LogP contribution in [0.2, 0.25) is 5.02 Å². The zero-order valence-corrected chi connectivity index (χ0v) is 17.2. The van der Waals surface area contributed by atoms with E-state index < -0.39 is 0 Å². The number of methoxy groups -OCH3 is 1. The molecule has 2 aromatic carbocycles. The quantitative estimate of drug-likeness (QED) is 0.669. The molecule has 30 heavy (non-hydrogen) atoms. The average Bonchev–Trinajstić information content (AvgIpc) is 2.80. The molecule has 1 aliphatic rings. The average molecular weight is 425 g/mol. The summed E-state index contributed by atoms with van der Waals surface area (Å²) in [5.41, 5.74) is 2.85. The van der Waals surface area contributed by atoms with E-state index in [1.807, 2.05) is 18.2 Å². The number of rotatable bonds is 5. The number of carbonyl (C=O) groups is 1. The molecule has 0 atom stereocenters. The second kappa shape index (κ2) is 9.11. The smallest absolute Gasteiger partial charge is 0.255 e. The zero-order valence-electron chi connectivity index (χ0n) is 16.5. The lowest BCUT2D eigenvalue weighted by atomic mass is 10.1. The van der Waals surface area contributed by atoms with Gasteiger partial charge in [-0.25, -0.2) is 9.97 Å². The Morgan fingerprint density at radius 2 is 1.87 bits per heavy atom. The van der Waals surface area contributed by atoms with E-state index in [4.69, 9.17) is 21.1 Å². The normalized spacial score (nSPS) is 13.7. The summed E-state index contributed by atoms with van der Waals surface area (Å²) < 4.78 is 10.5. The van der Waals surface area contributed by atoms with Gasteiger partial charge in [-0.15, -0.1) is 0 Å². The van der Waals surface area contributed by atoms with Crippen LogP contribution >= 0.6 is 11.6 Å². The minimum absolute atomic E-state index is 0.223. The largest absolute Gasteiger partial charge is 0.495 e. The number of anilines is 2. The summed E-state index contributed by atoms with van der Waals surface area (Å²) in [5, 5.41) is 3.27. The molecule has 2 heterocycles. The Hall–Kier alpha value is -3.16. The fourth-order valence-electron chi connectivity index (χ4n) is 3.21. The third-order valence-electron chi connectivity index (χ3n) is 4.84. The lowest BCUT2D eigenvalue weighted by Gasteiger charge is -2.27. The number of hydrogen-bond donors (Lipinski definition) is 1. The van der Waals surface area contributed by atoms with Crippen LogP contribution in [0.25, 0.3) is 11.3 Å². The molecule has 0 unspecified atom stereocenters. The molecule has 0 saturated carbocycles. The number of morpholine rings is 1. The number of ether oxygens (including phenoxy) is 2. The number of amides is 1. The Balaban J connectivity index is 1.47. The number of nitrogens with one attached hydrogen (secondary N) is 1. The first-order chi connectivity index (χ1) is 14.6. The standard InChI is InChI=1S/C22H21ClN4O3/c1-29-20-7-6-17(12-18(20)23)26-22(28)16-4-2-15(3-5-16)19-13-21(25-14-24-19)27-8-10-30-11-9-27/h2-7,12-14H,8-11H2,1H3,(H,26,28). The van der Waals surface area contributed by atoms with Crippen molar-refractivity contribution < 1.29 is 14.3 Å². The molecule has 1 saturated heterocycles. The summed E-state index contributed by atoms with van der Waals surface area (Å²) >= 11 is 6.12. The van der Waals surface area contributed by atoms with Crippen LogP contribution in [-0.2, 0) is 4.74 Å². The first-order valence-corrected chi connectivity index (χ1v) is 9.92. The fraction of sp³-hybridized carbons (Fsp3) is 0.227. The third-order valence-corrected chi connectivity index (χ3v) is 5.14. The topological polar surface area (TPSA) is 76.6 Å². The maximum Gasteiger partial charge on any atom is 0.255 e. The number of benzene rings is 2. The van der Waals surface area contributed by atoms with Crippen LogP contribution in [0.1, 0.15) is 10.4 Å². The van der Waals surface area contributed by atoms with Crippen molar-refractivity contribution in [2.45, 2.75) is 0 Å². The Labute approximate surface area is 179 Å². The lowest BCUT2D eigenvalue weighted by molar-refractivity contribution is 0.102. The minimum atomic E-state index is -0.223. The Morgan fingerprint density at radius 1 is 1.10 bits per heavy atom. The van der Waals surface area contributed by atoms with Gasteiger partial charge in [0.25, 0.3) is 5.91 Å². The molecule has 1 fully saturated rings. The Kier molecular flexibility index (Phi) is 6.11. The van der Waals surface area contributed by atoms with Gasteiger partial charge in [-0.2, -0.15) is 0 Å².